The highest BCUT2D eigenvalue weighted by molar-refractivity contribution is 5.68. The van der Waals surface area contributed by atoms with Gasteiger partial charge in [-0.3, -0.25) is 15.5 Å². The van der Waals surface area contributed by atoms with Gasteiger partial charge in [0.15, 0.2) is 0 Å². The third-order valence-electron chi connectivity index (χ3n) is 2.55. The third kappa shape index (κ3) is 3.00. The summed E-state index contributed by atoms with van der Waals surface area (Å²) in [5.74, 6) is 3.26. The Kier molecular flexibility index (Phi) is 3.89. The molecule has 8 nitrogen and oxygen atoms in total. The minimum atomic E-state index is -0.788. The van der Waals surface area contributed by atoms with Crippen molar-refractivity contribution in [3.8, 4) is 0 Å². The number of benzene rings is 1. The zero-order valence-electron chi connectivity index (χ0n) is 10.7. The van der Waals surface area contributed by atoms with E-state index in [-0.39, 0.29) is 23.1 Å². The second-order valence-corrected chi connectivity index (χ2v) is 3.98. The van der Waals surface area contributed by atoms with Crippen LogP contribution in [0, 0.1) is 28.7 Å². The number of nitrogens with two attached hydrogens (primary N) is 1. The highest BCUT2D eigenvalue weighted by Crippen LogP contribution is 2.30. The minimum Gasteiger partial charge on any atom is -0.332 e. The average molecular weight is 296 g/mol. The van der Waals surface area contributed by atoms with E-state index in [1.807, 2.05) is 0 Å². The van der Waals surface area contributed by atoms with Gasteiger partial charge < -0.3 is 5.32 Å². The molecule has 0 saturated carbocycles. The van der Waals surface area contributed by atoms with E-state index < -0.39 is 22.2 Å². The van der Waals surface area contributed by atoms with Crippen molar-refractivity contribution >= 4 is 23.1 Å². The second-order valence-electron chi connectivity index (χ2n) is 3.98. The van der Waals surface area contributed by atoms with E-state index in [9.17, 15) is 18.9 Å². The van der Waals surface area contributed by atoms with Gasteiger partial charge in [0.1, 0.15) is 17.3 Å². The second kappa shape index (κ2) is 5.63. The van der Waals surface area contributed by atoms with E-state index in [4.69, 9.17) is 5.84 Å². The fourth-order valence-corrected chi connectivity index (χ4v) is 1.66. The number of nitrogen functional groups attached to an aromatic ring is 1. The molecule has 0 unspecified atom stereocenters. The van der Waals surface area contributed by atoms with Crippen molar-refractivity contribution in [3.63, 3.8) is 0 Å². The molecule has 0 amide bonds. The maximum Gasteiger partial charge on any atom is 0.332 e. The average Bonchev–Trinajstić information content (AvgIpc) is 2.41. The van der Waals surface area contributed by atoms with Gasteiger partial charge in [-0.15, -0.1) is 0 Å². The van der Waals surface area contributed by atoms with Gasteiger partial charge in [-0.25, -0.2) is 19.6 Å². The Bertz CT molecular complexity index is 709. The summed E-state index contributed by atoms with van der Waals surface area (Å²) in [5, 5.41) is 13.4. The van der Waals surface area contributed by atoms with Crippen LogP contribution in [0.4, 0.5) is 31.9 Å². The largest absolute Gasteiger partial charge is 0.332 e. The lowest BCUT2D eigenvalue weighted by Crippen LogP contribution is -2.14. The zero-order chi connectivity index (χ0) is 15.6. The molecule has 1 aromatic carbocycles. The number of anilines is 3. The van der Waals surface area contributed by atoms with Gasteiger partial charge in [0, 0.05) is 6.07 Å². The Morgan fingerprint density at radius 1 is 1.33 bits per heavy atom. The van der Waals surface area contributed by atoms with E-state index >= 15 is 0 Å². The van der Waals surface area contributed by atoms with Crippen LogP contribution in [0.3, 0.4) is 0 Å². The normalized spacial score (nSPS) is 10.3. The van der Waals surface area contributed by atoms with Crippen LogP contribution >= 0.6 is 0 Å². The third-order valence-corrected chi connectivity index (χ3v) is 2.55. The number of hydrogen-bond acceptors (Lipinski definition) is 7. The first kappa shape index (κ1) is 14.5. The van der Waals surface area contributed by atoms with E-state index in [1.54, 1.807) is 0 Å². The molecule has 1 aromatic heterocycles. The Morgan fingerprint density at radius 3 is 2.67 bits per heavy atom. The van der Waals surface area contributed by atoms with Crippen LogP contribution in [0.15, 0.2) is 18.2 Å². The van der Waals surface area contributed by atoms with Crippen LogP contribution in [-0.4, -0.2) is 14.9 Å². The first-order valence-corrected chi connectivity index (χ1v) is 5.64. The molecule has 2 rings (SSSR count). The Hall–Kier alpha value is -2.88. The topological polar surface area (TPSA) is 119 Å². The fraction of sp³-hybridized carbons (Fsp3) is 0.0909. The minimum absolute atomic E-state index is 0.0160. The van der Waals surface area contributed by atoms with Gasteiger partial charge in [-0.1, -0.05) is 0 Å². The van der Waals surface area contributed by atoms with Gasteiger partial charge >= 0.3 is 5.69 Å². The molecule has 1 heterocycles. The molecular formula is C11H10F2N6O2. The standard InChI is InChI=1S/C11H10F2N6O2/c1-5-9(19(20)21)10(17-11(15-5)18-14)16-8-4-6(12)2-3-7(8)13/h2-4H,14H2,1H3,(H2,15,16,17,18). The Balaban J connectivity index is 2.54. The first-order chi connectivity index (χ1) is 9.92. The first-order valence-electron chi connectivity index (χ1n) is 5.64. The zero-order valence-corrected chi connectivity index (χ0v) is 10.7. The predicted molar refractivity (Wildman–Crippen MR) is 70.9 cm³/mol. The van der Waals surface area contributed by atoms with E-state index in [2.05, 4.69) is 20.7 Å². The predicted octanol–water partition coefficient (Wildman–Crippen LogP) is 2.00. The molecule has 0 atom stereocenters. The molecule has 0 saturated heterocycles. The molecule has 0 aliphatic carbocycles. The lowest BCUT2D eigenvalue weighted by atomic mass is 10.2. The highest BCUT2D eigenvalue weighted by Gasteiger charge is 2.23. The number of nitrogens with zero attached hydrogens (tertiary/aromatic N) is 3. The number of rotatable bonds is 4. The molecule has 21 heavy (non-hydrogen) atoms. The quantitative estimate of drug-likeness (QED) is 0.448. The van der Waals surface area contributed by atoms with E-state index in [1.165, 1.54) is 6.92 Å². The fourth-order valence-electron chi connectivity index (χ4n) is 1.66. The molecule has 110 valence electrons. The van der Waals surface area contributed by atoms with Crippen LogP contribution in [0.5, 0.6) is 0 Å². The van der Waals surface area contributed by atoms with Gasteiger partial charge in [0.25, 0.3) is 0 Å². The molecular weight excluding hydrogens is 286 g/mol. The molecule has 2 aromatic rings. The monoisotopic (exact) mass is 296 g/mol. The smallest absolute Gasteiger partial charge is 0.332 e. The number of aromatic nitrogens is 2. The van der Waals surface area contributed by atoms with Crippen LogP contribution < -0.4 is 16.6 Å². The summed E-state index contributed by atoms with van der Waals surface area (Å²) in [6.07, 6.45) is 0. The number of hydrazine groups is 1. The van der Waals surface area contributed by atoms with E-state index in [0.717, 1.165) is 18.2 Å². The van der Waals surface area contributed by atoms with Crippen molar-refractivity contribution in [2.24, 2.45) is 5.84 Å². The lowest BCUT2D eigenvalue weighted by Gasteiger charge is -2.10. The molecule has 4 N–H and O–H groups in total. The van der Waals surface area contributed by atoms with Crippen molar-refractivity contribution in [1.82, 2.24) is 9.97 Å². The van der Waals surface area contributed by atoms with E-state index in [0.29, 0.717) is 0 Å². The van der Waals surface area contributed by atoms with Crippen molar-refractivity contribution in [2.75, 3.05) is 10.7 Å². The van der Waals surface area contributed by atoms with Gasteiger partial charge in [-0.05, 0) is 19.1 Å². The van der Waals surface area contributed by atoms with Crippen LogP contribution in [0.1, 0.15) is 5.69 Å². The number of nitro groups is 1. The summed E-state index contributed by atoms with van der Waals surface area (Å²) in [7, 11) is 0. The summed E-state index contributed by atoms with van der Waals surface area (Å²) in [6.45, 7) is 1.37. The maximum atomic E-state index is 13.6. The molecule has 0 fully saturated rings. The summed E-state index contributed by atoms with van der Waals surface area (Å²) in [6, 6.07) is 2.67. The van der Waals surface area contributed by atoms with Crippen LogP contribution in [0.25, 0.3) is 0 Å². The van der Waals surface area contributed by atoms with Gasteiger partial charge in [-0.2, -0.15) is 4.98 Å². The molecule has 0 aliphatic heterocycles. The van der Waals surface area contributed by atoms with Gasteiger partial charge in [0.05, 0.1) is 10.6 Å². The molecule has 0 spiro atoms. The molecule has 0 radical (unpaired) electrons. The number of hydrogen-bond donors (Lipinski definition) is 3. The Labute approximate surface area is 117 Å². The Morgan fingerprint density at radius 2 is 2.05 bits per heavy atom. The molecule has 0 aliphatic rings. The highest BCUT2D eigenvalue weighted by atomic mass is 19.1. The van der Waals surface area contributed by atoms with Crippen molar-refractivity contribution in [2.45, 2.75) is 6.92 Å². The van der Waals surface area contributed by atoms with Crippen LogP contribution in [0.2, 0.25) is 0 Å². The SMILES string of the molecule is Cc1nc(NN)nc(Nc2cc(F)ccc2F)c1[N+](=O)[O-]. The summed E-state index contributed by atoms with van der Waals surface area (Å²) >= 11 is 0. The van der Waals surface area contributed by atoms with Gasteiger partial charge in [0.2, 0.25) is 11.8 Å². The summed E-state index contributed by atoms with van der Waals surface area (Å²) in [4.78, 5) is 17.8. The van der Waals surface area contributed by atoms with Crippen molar-refractivity contribution in [1.29, 1.82) is 0 Å². The summed E-state index contributed by atoms with van der Waals surface area (Å²) in [5.41, 5.74) is 1.40. The summed E-state index contributed by atoms with van der Waals surface area (Å²) < 4.78 is 26.7. The number of nitrogens with one attached hydrogen (secondary N) is 2. The maximum absolute atomic E-state index is 13.6. The van der Waals surface area contributed by atoms with Crippen LogP contribution in [-0.2, 0) is 0 Å². The molecule has 10 heteroatoms. The molecule has 0 bridgehead atoms. The lowest BCUT2D eigenvalue weighted by molar-refractivity contribution is -0.385. The van der Waals surface area contributed by atoms with Crippen molar-refractivity contribution in [3.05, 3.63) is 45.6 Å². The number of aryl methyl sites for hydroxylation is 1. The van der Waals surface area contributed by atoms with Crippen molar-refractivity contribution < 1.29 is 13.7 Å². The number of halogens is 2.